The molecule has 2 atom stereocenters. The second kappa shape index (κ2) is 10.00. The molecule has 0 aliphatic heterocycles. The molecule has 2 rings (SSSR count). The molecule has 0 bridgehead atoms. The number of aliphatic hydroxyl groups excluding tert-OH is 2. The fraction of sp³-hybridized carbons (Fsp3) is 0.278. The van der Waals surface area contributed by atoms with E-state index in [4.69, 9.17) is 39.5 Å². The highest BCUT2D eigenvalue weighted by Gasteiger charge is 2.20. The highest BCUT2D eigenvalue weighted by Crippen LogP contribution is 2.34. The summed E-state index contributed by atoms with van der Waals surface area (Å²) >= 11 is 17.7. The number of aliphatic hydroxyl groups is 2. The van der Waals surface area contributed by atoms with E-state index < -0.39 is 18.3 Å². The fourth-order valence-corrected chi connectivity index (χ4v) is 2.84. The molecule has 0 saturated heterocycles. The molecule has 1 amide bonds. The molecule has 0 spiro atoms. The minimum Gasteiger partial charge on any atom is -0.445 e. The van der Waals surface area contributed by atoms with Gasteiger partial charge < -0.3 is 20.3 Å². The zero-order chi connectivity index (χ0) is 19.1. The number of amides is 1. The van der Waals surface area contributed by atoms with Gasteiger partial charge in [0, 0.05) is 6.54 Å². The Balaban J connectivity index is 1.77. The molecule has 2 aromatic rings. The van der Waals surface area contributed by atoms with Crippen LogP contribution in [-0.2, 0) is 11.3 Å². The largest absolute Gasteiger partial charge is 0.445 e. The second-order valence-corrected chi connectivity index (χ2v) is 6.78. The van der Waals surface area contributed by atoms with Crippen molar-refractivity contribution in [2.45, 2.75) is 25.2 Å². The lowest BCUT2D eigenvalue weighted by molar-refractivity contribution is 0.0136. The molecule has 0 heterocycles. The van der Waals surface area contributed by atoms with Crippen molar-refractivity contribution in [3.63, 3.8) is 0 Å². The van der Waals surface area contributed by atoms with Crippen molar-refractivity contribution < 1.29 is 19.7 Å². The van der Waals surface area contributed by atoms with E-state index in [-0.39, 0.29) is 34.6 Å². The average molecular weight is 419 g/mol. The van der Waals surface area contributed by atoms with Crippen LogP contribution in [0.25, 0.3) is 0 Å². The molecular weight excluding hydrogens is 401 g/mol. The first-order chi connectivity index (χ1) is 12.4. The lowest BCUT2D eigenvalue weighted by Gasteiger charge is -2.19. The number of rotatable bonds is 7. The van der Waals surface area contributed by atoms with Crippen molar-refractivity contribution in [1.82, 2.24) is 5.32 Å². The smallest absolute Gasteiger partial charge is 0.407 e. The predicted octanol–water partition coefficient (Wildman–Crippen LogP) is 4.36. The molecule has 2 aromatic carbocycles. The van der Waals surface area contributed by atoms with Gasteiger partial charge in [0.15, 0.2) is 0 Å². The average Bonchev–Trinajstić information content (AvgIpc) is 2.64. The summed E-state index contributed by atoms with van der Waals surface area (Å²) in [5, 5.41) is 23.3. The zero-order valence-electron chi connectivity index (χ0n) is 13.7. The number of ether oxygens (including phenoxy) is 1. The molecule has 26 heavy (non-hydrogen) atoms. The van der Waals surface area contributed by atoms with Crippen LogP contribution in [0.1, 0.15) is 23.7 Å². The van der Waals surface area contributed by atoms with Crippen molar-refractivity contribution in [1.29, 1.82) is 0 Å². The van der Waals surface area contributed by atoms with Gasteiger partial charge in [-0.25, -0.2) is 4.79 Å². The molecule has 0 aliphatic rings. The molecule has 2 unspecified atom stereocenters. The van der Waals surface area contributed by atoms with Gasteiger partial charge in [-0.1, -0.05) is 65.1 Å². The quantitative estimate of drug-likeness (QED) is 0.584. The third kappa shape index (κ3) is 6.04. The van der Waals surface area contributed by atoms with E-state index in [0.717, 1.165) is 5.56 Å². The Bertz CT molecular complexity index is 719. The van der Waals surface area contributed by atoms with Crippen LogP contribution in [0.5, 0.6) is 0 Å². The SMILES string of the molecule is O=C(NCCC(O)C(O)c1cc(Cl)c(Cl)c(Cl)c1)OCc1ccccc1. The Kier molecular flexibility index (Phi) is 8.00. The molecule has 5 nitrogen and oxygen atoms in total. The standard InChI is InChI=1S/C18H18Cl3NO4/c19-13-8-12(9-14(20)16(13)21)17(24)15(23)6-7-22-18(25)26-10-11-4-2-1-3-5-11/h1-5,8-9,15,17,23-24H,6-7,10H2,(H,22,25). The number of hydrogen-bond donors (Lipinski definition) is 3. The van der Waals surface area contributed by atoms with Crippen LogP contribution < -0.4 is 5.32 Å². The van der Waals surface area contributed by atoms with E-state index in [1.54, 1.807) is 0 Å². The minimum absolute atomic E-state index is 0.111. The lowest BCUT2D eigenvalue weighted by atomic mass is 10.0. The first-order valence-electron chi connectivity index (χ1n) is 7.83. The normalized spacial score (nSPS) is 13.1. The van der Waals surface area contributed by atoms with Gasteiger partial charge in [-0.05, 0) is 29.7 Å². The maximum Gasteiger partial charge on any atom is 0.407 e. The summed E-state index contributed by atoms with van der Waals surface area (Å²) < 4.78 is 5.06. The molecule has 140 valence electrons. The maximum atomic E-state index is 11.6. The van der Waals surface area contributed by atoms with Gasteiger partial charge in [-0.2, -0.15) is 0 Å². The Morgan fingerprint density at radius 1 is 1.08 bits per heavy atom. The van der Waals surface area contributed by atoms with Gasteiger partial charge in [0.1, 0.15) is 12.7 Å². The predicted molar refractivity (Wildman–Crippen MR) is 102 cm³/mol. The zero-order valence-corrected chi connectivity index (χ0v) is 15.9. The second-order valence-electron chi connectivity index (χ2n) is 5.59. The van der Waals surface area contributed by atoms with Crippen LogP contribution in [0, 0.1) is 0 Å². The summed E-state index contributed by atoms with van der Waals surface area (Å²) in [6.07, 6.45) is -2.84. The van der Waals surface area contributed by atoms with E-state index in [0.29, 0.717) is 5.56 Å². The monoisotopic (exact) mass is 417 g/mol. The van der Waals surface area contributed by atoms with Crippen molar-refractivity contribution in [2.24, 2.45) is 0 Å². The first-order valence-corrected chi connectivity index (χ1v) is 8.97. The molecule has 0 radical (unpaired) electrons. The highest BCUT2D eigenvalue weighted by molar-refractivity contribution is 6.48. The summed E-state index contributed by atoms with van der Waals surface area (Å²) in [6, 6.07) is 12.1. The number of benzene rings is 2. The molecule has 0 aliphatic carbocycles. The van der Waals surface area contributed by atoms with Crippen LogP contribution in [0.15, 0.2) is 42.5 Å². The molecular formula is C18H18Cl3NO4. The molecule has 0 aromatic heterocycles. The van der Waals surface area contributed by atoms with E-state index in [9.17, 15) is 15.0 Å². The Labute approximate surface area is 166 Å². The number of halogens is 3. The van der Waals surface area contributed by atoms with Crippen molar-refractivity contribution >= 4 is 40.9 Å². The lowest BCUT2D eigenvalue weighted by Crippen LogP contribution is -2.29. The number of nitrogens with one attached hydrogen (secondary N) is 1. The topological polar surface area (TPSA) is 78.8 Å². The van der Waals surface area contributed by atoms with Crippen LogP contribution in [0.4, 0.5) is 4.79 Å². The van der Waals surface area contributed by atoms with E-state index >= 15 is 0 Å². The Hall–Kier alpha value is -1.50. The third-order valence-electron chi connectivity index (χ3n) is 3.63. The van der Waals surface area contributed by atoms with Crippen LogP contribution in [-0.4, -0.2) is 29.0 Å². The summed E-state index contributed by atoms with van der Waals surface area (Å²) in [4.78, 5) is 11.6. The van der Waals surface area contributed by atoms with E-state index in [1.807, 2.05) is 30.3 Å². The van der Waals surface area contributed by atoms with Crippen molar-refractivity contribution in [2.75, 3.05) is 6.54 Å². The Morgan fingerprint density at radius 3 is 2.31 bits per heavy atom. The van der Waals surface area contributed by atoms with Crippen LogP contribution >= 0.6 is 34.8 Å². The minimum atomic E-state index is -1.22. The maximum absolute atomic E-state index is 11.6. The first kappa shape index (κ1) is 20.8. The van der Waals surface area contributed by atoms with Gasteiger partial charge in [0.25, 0.3) is 0 Å². The summed E-state index contributed by atoms with van der Waals surface area (Å²) in [7, 11) is 0. The molecule has 0 fully saturated rings. The van der Waals surface area contributed by atoms with E-state index in [1.165, 1.54) is 12.1 Å². The molecule has 0 saturated carbocycles. The third-order valence-corrected chi connectivity index (χ3v) is 4.83. The molecule has 8 heteroatoms. The summed E-state index contributed by atoms with van der Waals surface area (Å²) in [5.74, 6) is 0. The number of carbonyl (C=O) groups is 1. The number of alkyl carbamates (subject to hydrolysis) is 1. The van der Waals surface area contributed by atoms with Gasteiger partial charge in [-0.3, -0.25) is 0 Å². The Morgan fingerprint density at radius 2 is 1.69 bits per heavy atom. The number of carbonyl (C=O) groups excluding carboxylic acids is 1. The van der Waals surface area contributed by atoms with Gasteiger partial charge in [-0.15, -0.1) is 0 Å². The number of hydrogen-bond acceptors (Lipinski definition) is 4. The van der Waals surface area contributed by atoms with Crippen molar-refractivity contribution in [3.05, 3.63) is 68.7 Å². The van der Waals surface area contributed by atoms with Crippen molar-refractivity contribution in [3.8, 4) is 0 Å². The van der Waals surface area contributed by atoms with Crippen LogP contribution in [0.2, 0.25) is 15.1 Å². The molecule has 3 N–H and O–H groups in total. The summed E-state index contributed by atoms with van der Waals surface area (Å²) in [6.45, 7) is 0.278. The van der Waals surface area contributed by atoms with Crippen LogP contribution in [0.3, 0.4) is 0 Å². The van der Waals surface area contributed by atoms with E-state index in [2.05, 4.69) is 5.32 Å². The van der Waals surface area contributed by atoms with Gasteiger partial charge in [0.05, 0.1) is 21.2 Å². The summed E-state index contributed by atoms with van der Waals surface area (Å²) in [5.41, 5.74) is 1.21. The highest BCUT2D eigenvalue weighted by atomic mass is 35.5. The fourth-order valence-electron chi connectivity index (χ4n) is 2.22. The van der Waals surface area contributed by atoms with Gasteiger partial charge in [0.2, 0.25) is 0 Å². The van der Waals surface area contributed by atoms with Gasteiger partial charge >= 0.3 is 6.09 Å².